The van der Waals surface area contributed by atoms with Crippen molar-refractivity contribution in [3.63, 3.8) is 0 Å². The molecule has 0 aliphatic carbocycles. The Kier molecular flexibility index (Phi) is 6.52. The maximum Gasteiger partial charge on any atom is 0.326 e. The molecule has 0 fully saturated rings. The molecular weight excluding hydrogens is 278 g/mol. The molecule has 4 nitrogen and oxygen atoms in total. The molecule has 1 rings (SSSR count). The average molecular weight is 298 g/mol. The smallest absolute Gasteiger partial charge is 0.326 e. The minimum atomic E-state index is -0.995. The van der Waals surface area contributed by atoms with Gasteiger partial charge < -0.3 is 10.4 Å². The first-order chi connectivity index (χ1) is 9.45. The van der Waals surface area contributed by atoms with Gasteiger partial charge in [-0.1, -0.05) is 43.5 Å². The van der Waals surface area contributed by atoms with E-state index in [2.05, 4.69) is 5.32 Å². The Morgan fingerprint density at radius 2 is 2.10 bits per heavy atom. The number of halogens is 1. The van der Waals surface area contributed by atoms with Gasteiger partial charge in [0.2, 0.25) is 5.91 Å². The first-order valence-corrected chi connectivity index (χ1v) is 7.12. The van der Waals surface area contributed by atoms with Crippen LogP contribution in [0.5, 0.6) is 0 Å². The van der Waals surface area contributed by atoms with Crippen LogP contribution >= 0.6 is 11.6 Å². The highest BCUT2D eigenvalue weighted by Crippen LogP contribution is 2.19. The number of carboxylic acids is 1. The van der Waals surface area contributed by atoms with E-state index in [4.69, 9.17) is 16.7 Å². The fraction of sp³-hybridized carbons (Fsp3) is 0.467. The van der Waals surface area contributed by atoms with Gasteiger partial charge in [0, 0.05) is 5.02 Å². The van der Waals surface area contributed by atoms with Crippen molar-refractivity contribution >= 4 is 23.5 Å². The SMILES string of the molecule is CCCC[C@H](NC(=O)C(C)c1cccc(Cl)c1)C(=O)O. The van der Waals surface area contributed by atoms with E-state index in [0.717, 1.165) is 18.4 Å². The lowest BCUT2D eigenvalue weighted by Crippen LogP contribution is -2.42. The van der Waals surface area contributed by atoms with Gasteiger partial charge in [-0.3, -0.25) is 4.79 Å². The highest BCUT2D eigenvalue weighted by Gasteiger charge is 2.23. The Labute approximate surface area is 124 Å². The molecular formula is C15H20ClNO3. The predicted octanol–water partition coefficient (Wildman–Crippen LogP) is 3.20. The number of unbranched alkanes of at least 4 members (excludes halogenated alkanes) is 1. The molecule has 0 aromatic heterocycles. The molecule has 0 heterocycles. The van der Waals surface area contributed by atoms with Gasteiger partial charge in [-0.2, -0.15) is 0 Å². The fourth-order valence-corrected chi connectivity index (χ4v) is 2.09. The predicted molar refractivity (Wildman–Crippen MR) is 79.0 cm³/mol. The minimum absolute atomic E-state index is 0.296. The molecule has 1 aromatic rings. The summed E-state index contributed by atoms with van der Waals surface area (Å²) in [5, 5.41) is 12.3. The van der Waals surface area contributed by atoms with Gasteiger partial charge in [0.25, 0.3) is 0 Å². The summed E-state index contributed by atoms with van der Waals surface area (Å²) < 4.78 is 0. The second kappa shape index (κ2) is 7.90. The van der Waals surface area contributed by atoms with Gasteiger partial charge in [-0.25, -0.2) is 4.79 Å². The number of carbonyl (C=O) groups excluding carboxylic acids is 1. The van der Waals surface area contributed by atoms with Crippen molar-refractivity contribution in [3.8, 4) is 0 Å². The lowest BCUT2D eigenvalue weighted by molar-refractivity contribution is -0.142. The summed E-state index contributed by atoms with van der Waals surface area (Å²) in [6, 6.07) is 6.19. The van der Waals surface area contributed by atoms with E-state index in [9.17, 15) is 9.59 Å². The Hall–Kier alpha value is -1.55. The fourth-order valence-electron chi connectivity index (χ4n) is 1.89. The van der Waals surface area contributed by atoms with Crippen LogP contribution in [0.4, 0.5) is 0 Å². The molecule has 1 unspecified atom stereocenters. The van der Waals surface area contributed by atoms with E-state index in [0.29, 0.717) is 11.4 Å². The Morgan fingerprint density at radius 3 is 2.65 bits per heavy atom. The van der Waals surface area contributed by atoms with Crippen molar-refractivity contribution in [2.45, 2.75) is 45.1 Å². The molecule has 0 saturated heterocycles. The quantitative estimate of drug-likeness (QED) is 0.812. The zero-order valence-corrected chi connectivity index (χ0v) is 12.5. The summed E-state index contributed by atoms with van der Waals surface area (Å²) in [6.07, 6.45) is 2.10. The van der Waals surface area contributed by atoms with Crippen LogP contribution in [0.15, 0.2) is 24.3 Å². The van der Waals surface area contributed by atoms with Gasteiger partial charge in [0.15, 0.2) is 0 Å². The van der Waals surface area contributed by atoms with Crippen molar-refractivity contribution in [3.05, 3.63) is 34.9 Å². The normalized spacial score (nSPS) is 13.6. The molecule has 0 bridgehead atoms. The number of nitrogens with one attached hydrogen (secondary N) is 1. The van der Waals surface area contributed by atoms with E-state index >= 15 is 0 Å². The Balaban J connectivity index is 2.70. The van der Waals surface area contributed by atoms with Crippen LogP contribution in [-0.2, 0) is 9.59 Å². The summed E-state index contributed by atoms with van der Waals surface area (Å²) in [7, 11) is 0. The monoisotopic (exact) mass is 297 g/mol. The average Bonchev–Trinajstić information content (AvgIpc) is 2.42. The highest BCUT2D eigenvalue weighted by molar-refractivity contribution is 6.30. The molecule has 1 amide bonds. The van der Waals surface area contributed by atoms with Crippen LogP contribution in [0, 0.1) is 0 Å². The maximum absolute atomic E-state index is 12.1. The summed E-state index contributed by atoms with van der Waals surface area (Å²) in [6.45, 7) is 3.72. The number of benzene rings is 1. The van der Waals surface area contributed by atoms with Gasteiger partial charge in [-0.05, 0) is 31.0 Å². The van der Waals surface area contributed by atoms with Crippen molar-refractivity contribution in [2.75, 3.05) is 0 Å². The van der Waals surface area contributed by atoms with Gasteiger partial charge in [0.05, 0.1) is 5.92 Å². The van der Waals surface area contributed by atoms with E-state index in [1.165, 1.54) is 0 Å². The lowest BCUT2D eigenvalue weighted by Gasteiger charge is -2.18. The van der Waals surface area contributed by atoms with E-state index in [-0.39, 0.29) is 5.91 Å². The van der Waals surface area contributed by atoms with Crippen molar-refractivity contribution in [2.24, 2.45) is 0 Å². The number of hydrogen-bond donors (Lipinski definition) is 2. The van der Waals surface area contributed by atoms with Crippen LogP contribution < -0.4 is 5.32 Å². The molecule has 110 valence electrons. The van der Waals surface area contributed by atoms with Crippen molar-refractivity contribution < 1.29 is 14.7 Å². The lowest BCUT2D eigenvalue weighted by atomic mass is 9.99. The number of carboxylic acid groups (broad SMARTS) is 1. The molecule has 2 atom stereocenters. The van der Waals surface area contributed by atoms with E-state index in [1.54, 1.807) is 31.2 Å². The van der Waals surface area contributed by atoms with Gasteiger partial charge >= 0.3 is 5.97 Å². The first-order valence-electron chi connectivity index (χ1n) is 6.74. The Bertz CT molecular complexity index is 476. The topological polar surface area (TPSA) is 66.4 Å². The standard InChI is InChI=1S/C15H20ClNO3/c1-3-4-8-13(15(19)20)17-14(18)10(2)11-6-5-7-12(16)9-11/h5-7,9-10,13H,3-4,8H2,1-2H3,(H,17,18)(H,19,20)/t10?,13-/m0/s1. The van der Waals surface area contributed by atoms with Crippen LogP contribution in [0.3, 0.4) is 0 Å². The minimum Gasteiger partial charge on any atom is -0.480 e. The van der Waals surface area contributed by atoms with Gasteiger partial charge in [-0.15, -0.1) is 0 Å². The maximum atomic E-state index is 12.1. The second-order valence-electron chi connectivity index (χ2n) is 4.82. The second-order valence-corrected chi connectivity index (χ2v) is 5.25. The van der Waals surface area contributed by atoms with Crippen LogP contribution in [-0.4, -0.2) is 23.0 Å². The van der Waals surface area contributed by atoms with Crippen LogP contribution in [0.1, 0.15) is 44.6 Å². The summed E-state index contributed by atoms with van der Waals surface area (Å²) in [5.74, 6) is -1.72. The zero-order chi connectivity index (χ0) is 15.1. The van der Waals surface area contributed by atoms with Crippen molar-refractivity contribution in [1.82, 2.24) is 5.32 Å². The van der Waals surface area contributed by atoms with Crippen molar-refractivity contribution in [1.29, 1.82) is 0 Å². The highest BCUT2D eigenvalue weighted by atomic mass is 35.5. The van der Waals surface area contributed by atoms with Crippen LogP contribution in [0.25, 0.3) is 0 Å². The summed E-state index contributed by atoms with van der Waals surface area (Å²) in [4.78, 5) is 23.2. The van der Waals surface area contributed by atoms with Gasteiger partial charge in [0.1, 0.15) is 6.04 Å². The molecule has 20 heavy (non-hydrogen) atoms. The van der Waals surface area contributed by atoms with Crippen LogP contribution in [0.2, 0.25) is 5.02 Å². The molecule has 0 spiro atoms. The third-order valence-electron chi connectivity index (χ3n) is 3.20. The zero-order valence-electron chi connectivity index (χ0n) is 11.7. The summed E-state index contributed by atoms with van der Waals surface area (Å²) >= 11 is 5.89. The first kappa shape index (κ1) is 16.5. The molecule has 0 radical (unpaired) electrons. The molecule has 0 aliphatic heterocycles. The largest absolute Gasteiger partial charge is 0.480 e. The number of amides is 1. The summed E-state index contributed by atoms with van der Waals surface area (Å²) in [5.41, 5.74) is 0.773. The molecule has 0 aliphatic rings. The molecule has 2 N–H and O–H groups in total. The van der Waals surface area contributed by atoms with E-state index in [1.807, 2.05) is 6.92 Å². The molecule has 0 saturated carbocycles. The number of aliphatic carboxylic acids is 1. The third kappa shape index (κ3) is 4.85. The number of carbonyl (C=O) groups is 2. The molecule has 5 heteroatoms. The number of hydrogen-bond acceptors (Lipinski definition) is 2. The van der Waals surface area contributed by atoms with E-state index < -0.39 is 17.9 Å². The number of rotatable bonds is 7. The molecule has 1 aromatic carbocycles. The third-order valence-corrected chi connectivity index (χ3v) is 3.44. The Morgan fingerprint density at radius 1 is 1.40 bits per heavy atom.